The van der Waals surface area contributed by atoms with Crippen molar-refractivity contribution < 1.29 is 9.59 Å². The quantitative estimate of drug-likeness (QED) is 0.537. The van der Waals surface area contributed by atoms with Gasteiger partial charge in [-0.25, -0.2) is 0 Å². The van der Waals surface area contributed by atoms with Gasteiger partial charge >= 0.3 is 0 Å². The second-order valence-corrected chi connectivity index (χ2v) is 5.32. The predicted molar refractivity (Wildman–Crippen MR) is 85.7 cm³/mol. The van der Waals surface area contributed by atoms with Crippen LogP contribution in [0.3, 0.4) is 0 Å². The van der Waals surface area contributed by atoms with Crippen molar-refractivity contribution in [2.75, 3.05) is 39.0 Å². The Labute approximate surface area is 126 Å². The SMILES string of the molecule is CC(=O)c1cccc(NCCC(=O)NCCCN(C)C)c1. The largest absolute Gasteiger partial charge is 0.385 e. The number of carbonyl (C=O) groups is 2. The van der Waals surface area contributed by atoms with Crippen LogP contribution in [0.4, 0.5) is 5.69 Å². The van der Waals surface area contributed by atoms with E-state index in [2.05, 4.69) is 15.5 Å². The highest BCUT2D eigenvalue weighted by Gasteiger charge is 2.02. The lowest BCUT2D eigenvalue weighted by Gasteiger charge is -2.10. The summed E-state index contributed by atoms with van der Waals surface area (Å²) in [6, 6.07) is 7.31. The van der Waals surface area contributed by atoms with Crippen LogP contribution in [0.15, 0.2) is 24.3 Å². The molecule has 0 aliphatic rings. The fourth-order valence-corrected chi connectivity index (χ4v) is 1.88. The first-order valence-corrected chi connectivity index (χ1v) is 7.25. The van der Waals surface area contributed by atoms with Crippen molar-refractivity contribution in [3.8, 4) is 0 Å². The summed E-state index contributed by atoms with van der Waals surface area (Å²) in [7, 11) is 4.03. The Morgan fingerprint density at radius 1 is 1.19 bits per heavy atom. The van der Waals surface area contributed by atoms with E-state index in [9.17, 15) is 9.59 Å². The first-order chi connectivity index (χ1) is 9.99. The molecule has 1 amide bonds. The average molecular weight is 291 g/mol. The number of hydrogen-bond donors (Lipinski definition) is 2. The molecule has 0 unspecified atom stereocenters. The van der Waals surface area contributed by atoms with Gasteiger partial charge in [0.25, 0.3) is 0 Å². The molecule has 5 heteroatoms. The first-order valence-electron chi connectivity index (χ1n) is 7.25. The molecule has 0 fully saturated rings. The number of rotatable bonds is 9. The summed E-state index contributed by atoms with van der Waals surface area (Å²) in [5.74, 6) is 0.0845. The molecule has 0 spiro atoms. The fraction of sp³-hybridized carbons (Fsp3) is 0.500. The Bertz CT molecular complexity index is 472. The smallest absolute Gasteiger partial charge is 0.221 e. The Kier molecular flexibility index (Phi) is 7.46. The maximum atomic E-state index is 11.6. The van der Waals surface area contributed by atoms with Crippen molar-refractivity contribution in [3.05, 3.63) is 29.8 Å². The standard InChI is InChI=1S/C16H25N3O2/c1-13(20)14-6-4-7-15(12-14)17-10-8-16(21)18-9-5-11-19(2)3/h4,6-7,12,17H,5,8-11H2,1-3H3,(H,18,21). The van der Waals surface area contributed by atoms with Crippen LogP contribution < -0.4 is 10.6 Å². The number of amides is 1. The van der Waals surface area contributed by atoms with E-state index >= 15 is 0 Å². The van der Waals surface area contributed by atoms with Crippen molar-refractivity contribution in [2.45, 2.75) is 19.8 Å². The van der Waals surface area contributed by atoms with E-state index in [1.807, 2.05) is 26.2 Å². The molecule has 1 aromatic rings. The summed E-state index contributed by atoms with van der Waals surface area (Å²) in [5.41, 5.74) is 1.54. The highest BCUT2D eigenvalue weighted by Crippen LogP contribution is 2.10. The van der Waals surface area contributed by atoms with Crippen molar-refractivity contribution in [2.24, 2.45) is 0 Å². The van der Waals surface area contributed by atoms with Crippen LogP contribution in [0, 0.1) is 0 Å². The third-order valence-electron chi connectivity index (χ3n) is 3.05. The number of hydrogen-bond acceptors (Lipinski definition) is 4. The molecule has 1 aromatic carbocycles. The minimum Gasteiger partial charge on any atom is -0.385 e. The lowest BCUT2D eigenvalue weighted by molar-refractivity contribution is -0.120. The Morgan fingerprint density at radius 3 is 2.62 bits per heavy atom. The summed E-state index contributed by atoms with van der Waals surface area (Å²) in [6.07, 6.45) is 1.37. The van der Waals surface area contributed by atoms with Crippen molar-refractivity contribution in [1.82, 2.24) is 10.2 Å². The minimum atomic E-state index is 0.0392. The van der Waals surface area contributed by atoms with E-state index in [0.29, 0.717) is 25.1 Å². The maximum Gasteiger partial charge on any atom is 0.221 e. The first kappa shape index (κ1) is 17.2. The number of carbonyl (C=O) groups excluding carboxylic acids is 2. The summed E-state index contributed by atoms with van der Waals surface area (Å²) in [4.78, 5) is 25.0. The van der Waals surface area contributed by atoms with Gasteiger partial charge in [0.1, 0.15) is 0 Å². The molecule has 2 N–H and O–H groups in total. The van der Waals surface area contributed by atoms with Crippen LogP contribution in [-0.4, -0.2) is 50.3 Å². The number of Topliss-reactive ketones (excluding diaryl/α,β-unsaturated/α-hetero) is 1. The summed E-state index contributed by atoms with van der Waals surface area (Å²) >= 11 is 0. The van der Waals surface area contributed by atoms with Gasteiger partial charge in [-0.2, -0.15) is 0 Å². The molecule has 0 aliphatic heterocycles. The Hall–Kier alpha value is -1.88. The zero-order valence-electron chi connectivity index (χ0n) is 13.1. The molecule has 1 rings (SSSR count). The average Bonchev–Trinajstić information content (AvgIpc) is 2.44. The molecule has 0 saturated carbocycles. The summed E-state index contributed by atoms with van der Waals surface area (Å²) < 4.78 is 0. The van der Waals surface area contributed by atoms with Crippen LogP contribution in [0.25, 0.3) is 0 Å². The zero-order valence-corrected chi connectivity index (χ0v) is 13.1. The van der Waals surface area contributed by atoms with E-state index in [-0.39, 0.29) is 11.7 Å². The minimum absolute atomic E-state index is 0.0392. The highest BCUT2D eigenvalue weighted by molar-refractivity contribution is 5.94. The summed E-state index contributed by atoms with van der Waals surface area (Å²) in [5, 5.41) is 6.05. The van der Waals surface area contributed by atoms with Crippen LogP contribution in [-0.2, 0) is 4.79 Å². The monoisotopic (exact) mass is 291 g/mol. The van der Waals surface area contributed by atoms with Crippen LogP contribution >= 0.6 is 0 Å². The topological polar surface area (TPSA) is 61.4 Å². The van der Waals surface area contributed by atoms with E-state index < -0.39 is 0 Å². The van der Waals surface area contributed by atoms with Gasteiger partial charge in [-0.3, -0.25) is 9.59 Å². The third-order valence-corrected chi connectivity index (χ3v) is 3.05. The molecule has 0 atom stereocenters. The van der Waals surface area contributed by atoms with E-state index in [0.717, 1.165) is 18.7 Å². The van der Waals surface area contributed by atoms with Gasteiger partial charge in [0, 0.05) is 30.8 Å². The van der Waals surface area contributed by atoms with E-state index in [1.54, 1.807) is 19.1 Å². The zero-order chi connectivity index (χ0) is 15.7. The number of nitrogens with one attached hydrogen (secondary N) is 2. The molecule has 0 saturated heterocycles. The molecular weight excluding hydrogens is 266 g/mol. The third kappa shape index (κ3) is 7.46. The Morgan fingerprint density at radius 2 is 1.95 bits per heavy atom. The van der Waals surface area contributed by atoms with Gasteiger partial charge in [-0.15, -0.1) is 0 Å². The second-order valence-electron chi connectivity index (χ2n) is 5.32. The highest BCUT2D eigenvalue weighted by atomic mass is 16.1. The Balaban J connectivity index is 2.22. The van der Waals surface area contributed by atoms with Crippen molar-refractivity contribution in [3.63, 3.8) is 0 Å². The fourth-order valence-electron chi connectivity index (χ4n) is 1.88. The van der Waals surface area contributed by atoms with Gasteiger partial charge in [0.2, 0.25) is 5.91 Å². The summed E-state index contributed by atoms with van der Waals surface area (Å²) in [6.45, 7) is 3.77. The molecular formula is C16H25N3O2. The van der Waals surface area contributed by atoms with Crippen LogP contribution in [0.2, 0.25) is 0 Å². The molecule has 0 aliphatic carbocycles. The van der Waals surface area contributed by atoms with Gasteiger partial charge in [0.15, 0.2) is 5.78 Å². The molecule has 5 nitrogen and oxygen atoms in total. The predicted octanol–water partition coefficient (Wildman–Crippen LogP) is 1.76. The van der Waals surface area contributed by atoms with Crippen LogP contribution in [0.1, 0.15) is 30.1 Å². The lowest BCUT2D eigenvalue weighted by Crippen LogP contribution is -2.28. The normalized spacial score (nSPS) is 10.5. The van der Waals surface area contributed by atoms with E-state index in [1.165, 1.54) is 0 Å². The molecule has 0 radical (unpaired) electrons. The van der Waals surface area contributed by atoms with Crippen LogP contribution in [0.5, 0.6) is 0 Å². The number of benzene rings is 1. The van der Waals surface area contributed by atoms with Gasteiger partial charge < -0.3 is 15.5 Å². The van der Waals surface area contributed by atoms with Gasteiger partial charge in [0.05, 0.1) is 0 Å². The molecule has 0 bridgehead atoms. The number of nitrogens with zero attached hydrogens (tertiary/aromatic N) is 1. The maximum absolute atomic E-state index is 11.6. The number of anilines is 1. The van der Waals surface area contributed by atoms with Gasteiger partial charge in [-0.05, 0) is 46.1 Å². The van der Waals surface area contributed by atoms with Gasteiger partial charge in [-0.1, -0.05) is 12.1 Å². The lowest BCUT2D eigenvalue weighted by atomic mass is 10.1. The van der Waals surface area contributed by atoms with E-state index in [4.69, 9.17) is 0 Å². The molecule has 116 valence electrons. The number of ketones is 1. The molecule has 0 aromatic heterocycles. The van der Waals surface area contributed by atoms with Crippen molar-refractivity contribution >= 4 is 17.4 Å². The second kappa shape index (κ2) is 9.13. The molecule has 21 heavy (non-hydrogen) atoms. The van der Waals surface area contributed by atoms with Crippen molar-refractivity contribution in [1.29, 1.82) is 0 Å². The molecule has 0 heterocycles.